The summed E-state index contributed by atoms with van der Waals surface area (Å²) >= 11 is 0. The number of ether oxygens (including phenoxy) is 1. The van der Waals surface area contributed by atoms with Crippen molar-refractivity contribution in [2.75, 3.05) is 6.61 Å². The van der Waals surface area contributed by atoms with Crippen LogP contribution < -0.4 is 4.74 Å². The molecule has 114 valence electrons. The molecule has 22 heavy (non-hydrogen) atoms. The molecule has 5 heteroatoms. The van der Waals surface area contributed by atoms with Gasteiger partial charge in [-0.05, 0) is 26.3 Å². The first-order valence-electron chi connectivity index (χ1n) is 7.33. The molecule has 2 rings (SSSR count). The maximum atomic E-state index is 9.95. The van der Waals surface area contributed by atoms with Crippen LogP contribution in [0.15, 0.2) is 49.1 Å². The van der Waals surface area contributed by atoms with Crippen LogP contribution >= 0.6 is 0 Å². The third-order valence-electron chi connectivity index (χ3n) is 3.52. The van der Waals surface area contributed by atoms with Gasteiger partial charge in [0.1, 0.15) is 23.8 Å². The van der Waals surface area contributed by atoms with Crippen molar-refractivity contribution in [1.82, 2.24) is 14.8 Å². The van der Waals surface area contributed by atoms with E-state index in [2.05, 4.69) is 16.2 Å². The largest absolute Gasteiger partial charge is 0.494 e. The molecule has 0 amide bonds. The summed E-state index contributed by atoms with van der Waals surface area (Å²) in [4.78, 5) is 3.97. The van der Waals surface area contributed by atoms with E-state index >= 15 is 0 Å². The zero-order chi connectivity index (χ0) is 15.8. The summed E-state index contributed by atoms with van der Waals surface area (Å²) in [6.07, 6.45) is 7.65. The van der Waals surface area contributed by atoms with Crippen LogP contribution in [-0.4, -0.2) is 21.4 Å². The molecule has 1 atom stereocenters. The maximum absolute atomic E-state index is 9.95. The van der Waals surface area contributed by atoms with Gasteiger partial charge in [0.25, 0.3) is 0 Å². The van der Waals surface area contributed by atoms with E-state index in [1.54, 1.807) is 11.0 Å². The molecule has 0 aliphatic heterocycles. The molecule has 0 saturated carbocycles. The number of nitrogens with zero attached hydrogens (tertiary/aromatic N) is 4. The standard InChI is InChI=1S/C17H20N4O/c1-3-5-10-17(11-18,12-21-14-19-13-20-21)15-8-6-7-9-16(15)22-4-2/h3,5-9,13-14H,4,10,12H2,1-2H3. The van der Waals surface area contributed by atoms with Gasteiger partial charge in [0.15, 0.2) is 0 Å². The Kier molecular flexibility index (Phi) is 5.31. The van der Waals surface area contributed by atoms with E-state index in [1.807, 2.05) is 50.3 Å². The number of para-hydroxylation sites is 1. The molecule has 0 fully saturated rings. The fourth-order valence-electron chi connectivity index (χ4n) is 2.45. The number of hydrogen-bond acceptors (Lipinski definition) is 4. The summed E-state index contributed by atoms with van der Waals surface area (Å²) in [6, 6.07) is 10.2. The van der Waals surface area contributed by atoms with Gasteiger partial charge in [0.05, 0.1) is 19.2 Å². The van der Waals surface area contributed by atoms with Gasteiger partial charge in [-0.1, -0.05) is 30.4 Å². The quantitative estimate of drug-likeness (QED) is 0.736. The highest BCUT2D eigenvalue weighted by atomic mass is 16.5. The van der Waals surface area contributed by atoms with Crippen molar-refractivity contribution < 1.29 is 4.74 Å². The van der Waals surface area contributed by atoms with E-state index < -0.39 is 5.41 Å². The predicted octanol–water partition coefficient (Wildman–Crippen LogP) is 3.10. The van der Waals surface area contributed by atoms with Crippen molar-refractivity contribution >= 4 is 0 Å². The van der Waals surface area contributed by atoms with Gasteiger partial charge < -0.3 is 4.74 Å². The molecule has 5 nitrogen and oxygen atoms in total. The molecule has 1 unspecified atom stereocenters. The first-order valence-corrected chi connectivity index (χ1v) is 7.33. The lowest BCUT2D eigenvalue weighted by atomic mass is 9.78. The van der Waals surface area contributed by atoms with E-state index in [0.717, 1.165) is 11.3 Å². The maximum Gasteiger partial charge on any atom is 0.137 e. The Morgan fingerprint density at radius 3 is 2.86 bits per heavy atom. The summed E-state index contributed by atoms with van der Waals surface area (Å²) in [6.45, 7) is 4.88. The fourth-order valence-corrected chi connectivity index (χ4v) is 2.45. The predicted molar refractivity (Wildman–Crippen MR) is 84.4 cm³/mol. The number of hydrogen-bond donors (Lipinski definition) is 0. The summed E-state index contributed by atoms with van der Waals surface area (Å²) in [7, 11) is 0. The first-order chi connectivity index (χ1) is 10.8. The molecular weight excluding hydrogens is 276 g/mol. The van der Waals surface area contributed by atoms with Crippen molar-refractivity contribution in [1.29, 1.82) is 5.26 Å². The Labute approximate surface area is 130 Å². The normalized spacial score (nSPS) is 13.7. The molecule has 0 radical (unpaired) electrons. The molecule has 1 aromatic heterocycles. The first kappa shape index (κ1) is 15.8. The molecule has 1 aromatic carbocycles. The Morgan fingerprint density at radius 1 is 1.41 bits per heavy atom. The van der Waals surface area contributed by atoms with E-state index in [4.69, 9.17) is 4.74 Å². The smallest absolute Gasteiger partial charge is 0.137 e. The zero-order valence-electron chi connectivity index (χ0n) is 12.9. The van der Waals surface area contributed by atoms with Crippen molar-refractivity contribution in [3.63, 3.8) is 0 Å². The molecular formula is C17H20N4O. The molecule has 0 aliphatic carbocycles. The fraction of sp³-hybridized carbons (Fsp3) is 0.353. The highest BCUT2D eigenvalue weighted by Crippen LogP contribution is 2.36. The van der Waals surface area contributed by atoms with Crippen LogP contribution in [0.1, 0.15) is 25.8 Å². The van der Waals surface area contributed by atoms with Crippen molar-refractivity contribution in [2.24, 2.45) is 0 Å². The molecule has 1 heterocycles. The lowest BCUT2D eigenvalue weighted by molar-refractivity contribution is 0.323. The van der Waals surface area contributed by atoms with Crippen LogP contribution in [-0.2, 0) is 12.0 Å². The topological polar surface area (TPSA) is 63.7 Å². The molecule has 0 spiro atoms. The number of rotatable bonds is 7. The second kappa shape index (κ2) is 7.41. The average molecular weight is 296 g/mol. The SMILES string of the molecule is CC=CCC(C#N)(Cn1cncn1)c1ccccc1OCC. The highest BCUT2D eigenvalue weighted by Gasteiger charge is 2.35. The molecule has 2 aromatic rings. The lowest BCUT2D eigenvalue weighted by Crippen LogP contribution is -2.30. The van der Waals surface area contributed by atoms with Crippen molar-refractivity contribution in [3.05, 3.63) is 54.6 Å². The Balaban J connectivity index is 2.49. The summed E-state index contributed by atoms with van der Waals surface area (Å²) in [5.41, 5.74) is 0.138. The molecule has 0 saturated heterocycles. The van der Waals surface area contributed by atoms with Gasteiger partial charge in [-0.3, -0.25) is 4.68 Å². The van der Waals surface area contributed by atoms with Crippen LogP contribution in [0.3, 0.4) is 0 Å². The minimum atomic E-state index is -0.744. The third-order valence-corrected chi connectivity index (χ3v) is 3.52. The van der Waals surface area contributed by atoms with Crippen molar-refractivity contribution in [2.45, 2.75) is 32.2 Å². The number of benzene rings is 1. The van der Waals surface area contributed by atoms with E-state index in [1.165, 1.54) is 6.33 Å². The minimum Gasteiger partial charge on any atom is -0.494 e. The van der Waals surface area contributed by atoms with Crippen LogP contribution in [0.4, 0.5) is 0 Å². The van der Waals surface area contributed by atoms with Gasteiger partial charge in [0.2, 0.25) is 0 Å². The molecule has 0 N–H and O–H groups in total. The van der Waals surface area contributed by atoms with Gasteiger partial charge in [-0.2, -0.15) is 10.4 Å². The van der Waals surface area contributed by atoms with E-state index in [9.17, 15) is 5.26 Å². The summed E-state index contributed by atoms with van der Waals surface area (Å²) < 4.78 is 7.41. The van der Waals surface area contributed by atoms with Gasteiger partial charge in [-0.15, -0.1) is 0 Å². The van der Waals surface area contributed by atoms with E-state index in [-0.39, 0.29) is 0 Å². The second-order valence-corrected chi connectivity index (χ2v) is 4.99. The van der Waals surface area contributed by atoms with Crippen molar-refractivity contribution in [3.8, 4) is 11.8 Å². The minimum absolute atomic E-state index is 0.428. The Morgan fingerprint density at radius 2 is 2.23 bits per heavy atom. The number of nitriles is 1. The monoisotopic (exact) mass is 296 g/mol. The Hall–Kier alpha value is -2.61. The molecule has 0 bridgehead atoms. The second-order valence-electron chi connectivity index (χ2n) is 4.99. The summed E-state index contributed by atoms with van der Waals surface area (Å²) in [5, 5.41) is 14.1. The summed E-state index contributed by atoms with van der Waals surface area (Å²) in [5.74, 6) is 0.746. The van der Waals surface area contributed by atoms with Crippen LogP contribution in [0.25, 0.3) is 0 Å². The van der Waals surface area contributed by atoms with Gasteiger partial charge in [-0.25, -0.2) is 4.98 Å². The van der Waals surface area contributed by atoms with Crippen LogP contribution in [0, 0.1) is 11.3 Å². The zero-order valence-corrected chi connectivity index (χ0v) is 12.9. The number of allylic oxidation sites excluding steroid dienone is 2. The van der Waals surface area contributed by atoms with Gasteiger partial charge in [0, 0.05) is 5.56 Å². The lowest BCUT2D eigenvalue weighted by Gasteiger charge is -2.27. The number of aromatic nitrogens is 3. The Bertz CT molecular complexity index is 658. The van der Waals surface area contributed by atoms with Crippen LogP contribution in [0.2, 0.25) is 0 Å². The van der Waals surface area contributed by atoms with Gasteiger partial charge >= 0.3 is 0 Å². The average Bonchev–Trinajstić information content (AvgIpc) is 3.05. The third kappa shape index (κ3) is 3.34. The van der Waals surface area contributed by atoms with E-state index in [0.29, 0.717) is 19.6 Å². The highest BCUT2D eigenvalue weighted by molar-refractivity contribution is 5.44. The molecule has 0 aliphatic rings. The van der Waals surface area contributed by atoms with Crippen LogP contribution in [0.5, 0.6) is 5.75 Å².